The third-order valence-electron chi connectivity index (χ3n) is 5.78. The molecular formula is C26H32N6O. The first kappa shape index (κ1) is 22.6. The van der Waals surface area contributed by atoms with E-state index in [2.05, 4.69) is 34.4 Å². The highest BCUT2D eigenvalue weighted by atomic mass is 16.2. The van der Waals surface area contributed by atoms with Crippen molar-refractivity contribution in [3.63, 3.8) is 0 Å². The number of nitrogens with zero attached hydrogens (tertiary/aromatic N) is 5. The van der Waals surface area contributed by atoms with Gasteiger partial charge in [-0.2, -0.15) is 5.10 Å². The molecule has 1 N–H and O–H groups in total. The summed E-state index contributed by atoms with van der Waals surface area (Å²) in [4.78, 5) is 21.4. The van der Waals surface area contributed by atoms with Crippen LogP contribution in [-0.4, -0.2) is 51.6 Å². The van der Waals surface area contributed by atoms with Crippen LogP contribution < -0.4 is 5.32 Å². The van der Waals surface area contributed by atoms with Crippen molar-refractivity contribution in [1.29, 1.82) is 0 Å². The van der Waals surface area contributed by atoms with Gasteiger partial charge in [-0.3, -0.25) is 9.79 Å². The number of fused-ring (bicyclic) bond motifs is 1. The lowest BCUT2D eigenvalue weighted by Gasteiger charge is -2.21. The summed E-state index contributed by atoms with van der Waals surface area (Å²) in [7, 11) is 2.02. The summed E-state index contributed by atoms with van der Waals surface area (Å²) >= 11 is 0. The van der Waals surface area contributed by atoms with Crippen LogP contribution >= 0.6 is 0 Å². The molecule has 0 spiro atoms. The molecule has 4 rings (SSSR count). The van der Waals surface area contributed by atoms with Crippen LogP contribution in [0.3, 0.4) is 0 Å². The molecule has 1 amide bonds. The molecule has 0 unspecified atom stereocenters. The second kappa shape index (κ2) is 10.8. The molecule has 2 heterocycles. The number of aromatic nitrogens is 2. The molecule has 33 heavy (non-hydrogen) atoms. The second-order valence-corrected chi connectivity index (χ2v) is 8.34. The van der Waals surface area contributed by atoms with E-state index in [1.165, 1.54) is 11.1 Å². The Bertz CT molecular complexity index is 1070. The van der Waals surface area contributed by atoms with E-state index in [4.69, 9.17) is 4.99 Å². The zero-order valence-corrected chi connectivity index (χ0v) is 19.4. The lowest BCUT2D eigenvalue weighted by molar-refractivity contribution is -0.131. The zero-order valence-electron chi connectivity index (χ0n) is 19.4. The van der Waals surface area contributed by atoms with Crippen LogP contribution in [0, 0.1) is 0 Å². The minimum atomic E-state index is 0.202. The van der Waals surface area contributed by atoms with Gasteiger partial charge >= 0.3 is 0 Å². The van der Waals surface area contributed by atoms with Gasteiger partial charge < -0.3 is 15.1 Å². The van der Waals surface area contributed by atoms with Crippen LogP contribution in [0.5, 0.6) is 0 Å². The molecule has 172 valence electrons. The largest absolute Gasteiger partial charge is 0.357 e. The first-order chi connectivity index (χ1) is 16.1. The number of hydrogen-bond acceptors (Lipinski definition) is 3. The number of hydrogen-bond donors (Lipinski definition) is 1. The molecule has 0 radical (unpaired) electrons. The van der Waals surface area contributed by atoms with Crippen LogP contribution in [0.15, 0.2) is 72.0 Å². The molecule has 3 aromatic rings. The summed E-state index contributed by atoms with van der Waals surface area (Å²) < 4.78 is 1.88. The van der Waals surface area contributed by atoms with Crippen LogP contribution in [0.4, 0.5) is 0 Å². The molecule has 0 fully saturated rings. The first-order valence-electron chi connectivity index (χ1n) is 11.6. The van der Waals surface area contributed by atoms with Gasteiger partial charge in [-0.25, -0.2) is 4.68 Å². The highest BCUT2D eigenvalue weighted by Crippen LogP contribution is 2.23. The number of aliphatic imine (C=N–C) groups is 1. The Balaban J connectivity index is 1.27. The molecule has 0 bridgehead atoms. The topological polar surface area (TPSA) is 65.8 Å². The molecule has 0 aliphatic carbocycles. The predicted molar refractivity (Wildman–Crippen MR) is 131 cm³/mol. The van der Waals surface area contributed by atoms with Crippen LogP contribution in [0.1, 0.15) is 36.5 Å². The van der Waals surface area contributed by atoms with Gasteiger partial charge in [0, 0.05) is 58.0 Å². The Kier molecular flexibility index (Phi) is 7.40. The average Bonchev–Trinajstić information content (AvgIpc) is 3.48. The molecule has 7 heteroatoms. The van der Waals surface area contributed by atoms with Gasteiger partial charge in [0.1, 0.15) is 0 Å². The van der Waals surface area contributed by atoms with E-state index in [0.29, 0.717) is 19.5 Å². The molecule has 0 saturated heterocycles. The second-order valence-electron chi connectivity index (χ2n) is 8.34. The minimum Gasteiger partial charge on any atom is -0.357 e. The molecule has 7 nitrogen and oxygen atoms in total. The van der Waals surface area contributed by atoms with Gasteiger partial charge in [-0.05, 0) is 36.6 Å². The Morgan fingerprint density at radius 1 is 1.09 bits per heavy atom. The molecule has 1 aliphatic rings. The highest BCUT2D eigenvalue weighted by molar-refractivity contribution is 5.80. The van der Waals surface area contributed by atoms with E-state index < -0.39 is 0 Å². The Morgan fingerprint density at radius 2 is 1.79 bits per heavy atom. The number of nitrogens with one attached hydrogen (secondary N) is 1. The first-order valence-corrected chi connectivity index (χ1v) is 11.6. The van der Waals surface area contributed by atoms with Gasteiger partial charge in [0.15, 0.2) is 5.96 Å². The van der Waals surface area contributed by atoms with Crippen molar-refractivity contribution in [3.05, 3.63) is 83.7 Å². The van der Waals surface area contributed by atoms with Crippen molar-refractivity contribution < 1.29 is 4.79 Å². The fraction of sp³-hybridized carbons (Fsp3) is 0.346. The lowest BCUT2D eigenvalue weighted by Crippen LogP contribution is -2.38. The summed E-state index contributed by atoms with van der Waals surface area (Å²) in [5.74, 6) is 1.04. The maximum absolute atomic E-state index is 12.6. The van der Waals surface area contributed by atoms with Crippen LogP contribution in [0.25, 0.3) is 5.69 Å². The number of rotatable bonds is 8. The van der Waals surface area contributed by atoms with Crippen molar-refractivity contribution in [2.24, 2.45) is 4.99 Å². The number of para-hydroxylation sites is 1. The summed E-state index contributed by atoms with van der Waals surface area (Å²) in [6.07, 6.45) is 5.19. The molecule has 1 aromatic heterocycles. The van der Waals surface area contributed by atoms with Crippen molar-refractivity contribution in [3.8, 4) is 5.69 Å². The van der Waals surface area contributed by atoms with Gasteiger partial charge in [-0.1, -0.05) is 42.5 Å². The molecule has 0 saturated carbocycles. The van der Waals surface area contributed by atoms with Crippen molar-refractivity contribution in [1.82, 2.24) is 24.9 Å². The minimum absolute atomic E-state index is 0.202. The summed E-state index contributed by atoms with van der Waals surface area (Å²) in [5.41, 5.74) is 4.67. The van der Waals surface area contributed by atoms with Crippen LogP contribution in [-0.2, 0) is 24.4 Å². The van der Waals surface area contributed by atoms with E-state index >= 15 is 0 Å². The summed E-state index contributed by atoms with van der Waals surface area (Å²) in [6, 6.07) is 18.4. The zero-order chi connectivity index (χ0) is 23.0. The highest BCUT2D eigenvalue weighted by Gasteiger charge is 2.22. The third kappa shape index (κ3) is 5.80. The quantitative estimate of drug-likeness (QED) is 0.328. The van der Waals surface area contributed by atoms with E-state index in [1.54, 1.807) is 0 Å². The van der Waals surface area contributed by atoms with Gasteiger partial charge in [0.2, 0.25) is 5.91 Å². The fourth-order valence-corrected chi connectivity index (χ4v) is 4.06. The Morgan fingerprint density at radius 3 is 2.48 bits per heavy atom. The average molecular weight is 445 g/mol. The van der Waals surface area contributed by atoms with Crippen molar-refractivity contribution in [2.45, 2.75) is 39.4 Å². The fourth-order valence-electron chi connectivity index (χ4n) is 4.06. The molecule has 1 aliphatic heterocycles. The van der Waals surface area contributed by atoms with Gasteiger partial charge in [-0.15, -0.1) is 0 Å². The summed E-state index contributed by atoms with van der Waals surface area (Å²) in [5, 5.41) is 7.83. The van der Waals surface area contributed by atoms with Gasteiger partial charge in [0.25, 0.3) is 0 Å². The smallest absolute Gasteiger partial charge is 0.223 e. The van der Waals surface area contributed by atoms with Crippen molar-refractivity contribution in [2.75, 3.05) is 20.1 Å². The predicted octanol–water partition coefficient (Wildman–Crippen LogP) is 3.59. The maximum atomic E-state index is 12.6. The number of carbonyl (C=O) groups is 1. The number of amides is 1. The van der Waals surface area contributed by atoms with Crippen molar-refractivity contribution >= 4 is 11.9 Å². The Labute approximate surface area is 195 Å². The molecule has 2 aromatic carbocycles. The molecule has 0 atom stereocenters. The standard InChI is InChI=1S/C26H32N6O/c1-3-27-26(30(2)17-21-16-29-32(18-21)24-12-5-4-6-13-24)28-15-9-14-25(33)31-19-22-10-7-8-11-23(22)20-31/h4-8,10-13,16,18H,3,9,14-15,17,19-20H2,1-2H3,(H,27,28). The number of carbonyl (C=O) groups excluding carboxylic acids is 1. The van der Waals surface area contributed by atoms with E-state index in [9.17, 15) is 4.79 Å². The van der Waals surface area contributed by atoms with Crippen LogP contribution in [0.2, 0.25) is 0 Å². The SMILES string of the molecule is CCNC(=NCCCC(=O)N1Cc2ccccc2C1)N(C)Cc1cnn(-c2ccccc2)c1. The number of benzene rings is 2. The lowest BCUT2D eigenvalue weighted by atomic mass is 10.1. The normalized spacial score (nSPS) is 13.2. The number of guanidine groups is 1. The van der Waals surface area contributed by atoms with Gasteiger partial charge in [0.05, 0.1) is 11.9 Å². The monoisotopic (exact) mass is 444 g/mol. The maximum Gasteiger partial charge on any atom is 0.223 e. The van der Waals surface area contributed by atoms with E-state index in [1.807, 2.05) is 71.5 Å². The van der Waals surface area contributed by atoms with E-state index in [-0.39, 0.29) is 5.91 Å². The molecular weight excluding hydrogens is 412 g/mol. The Hall–Kier alpha value is -3.61. The summed E-state index contributed by atoms with van der Waals surface area (Å²) in [6.45, 7) is 5.61. The van der Waals surface area contributed by atoms with E-state index in [0.717, 1.165) is 43.3 Å². The third-order valence-corrected chi connectivity index (χ3v) is 5.78.